The van der Waals surface area contributed by atoms with Gasteiger partial charge in [0.15, 0.2) is 0 Å². The lowest BCUT2D eigenvalue weighted by Gasteiger charge is -2.38. The second-order valence-electron chi connectivity index (χ2n) is 4.73. The van der Waals surface area contributed by atoms with E-state index in [4.69, 9.17) is 16.3 Å². The van der Waals surface area contributed by atoms with Crippen LogP contribution >= 0.6 is 23.4 Å². The zero-order valence-corrected chi connectivity index (χ0v) is 12.9. The number of anilines is 1. The van der Waals surface area contributed by atoms with Crippen molar-refractivity contribution >= 4 is 35.1 Å². The summed E-state index contributed by atoms with van der Waals surface area (Å²) in [6.07, 6.45) is -6.01. The lowest BCUT2D eigenvalue weighted by Crippen LogP contribution is -2.47. The molecule has 1 aliphatic rings. The molecule has 0 saturated carbocycles. The van der Waals surface area contributed by atoms with E-state index >= 15 is 0 Å². The molecule has 3 nitrogen and oxygen atoms in total. The van der Waals surface area contributed by atoms with Crippen LogP contribution in [0.25, 0.3) is 0 Å². The second-order valence-corrected chi connectivity index (χ2v) is 6.42. The molecule has 0 spiro atoms. The summed E-state index contributed by atoms with van der Waals surface area (Å²) in [6, 6.07) is 11.8. The molecule has 0 bridgehead atoms. The van der Waals surface area contributed by atoms with Crippen molar-refractivity contribution in [3.05, 3.63) is 59.1 Å². The first-order valence-corrected chi connectivity index (χ1v) is 7.62. The molecule has 1 amide bonds. The molecule has 1 aliphatic heterocycles. The van der Waals surface area contributed by atoms with Crippen LogP contribution in [0.2, 0.25) is 5.02 Å². The Bertz CT molecular complexity index is 754. The number of hydrogen-bond donors (Lipinski definition) is 1. The van der Waals surface area contributed by atoms with Gasteiger partial charge in [-0.15, -0.1) is 0 Å². The summed E-state index contributed by atoms with van der Waals surface area (Å²) >= 11 is 6.26. The van der Waals surface area contributed by atoms with Gasteiger partial charge < -0.3 is 4.74 Å². The standard InChI is InChI=1S/C15H9ClF3NO2S/c16-9-6-7-12-11(8-9)14(15(17,18)19,22-13(21)20-12)23-10-4-2-1-3-5-10/h1-8H,(H,20,21)/t14-/m1/s1. The number of carbonyl (C=O) groups excluding carboxylic acids is 1. The van der Waals surface area contributed by atoms with Gasteiger partial charge in [0, 0.05) is 15.5 Å². The van der Waals surface area contributed by atoms with Crippen molar-refractivity contribution in [1.82, 2.24) is 0 Å². The molecule has 0 saturated heterocycles. The SMILES string of the molecule is O=C1Nc2ccc(Cl)cc2[C@@](Sc2ccccc2)(C(F)(F)F)O1. The van der Waals surface area contributed by atoms with Crippen LogP contribution in [0.1, 0.15) is 5.56 Å². The van der Waals surface area contributed by atoms with Gasteiger partial charge in [-0.3, -0.25) is 5.32 Å². The molecule has 0 fully saturated rings. The summed E-state index contributed by atoms with van der Waals surface area (Å²) in [6.45, 7) is 0. The molecule has 1 heterocycles. The predicted molar refractivity (Wildman–Crippen MR) is 81.6 cm³/mol. The number of halogens is 4. The van der Waals surface area contributed by atoms with Crippen molar-refractivity contribution in [1.29, 1.82) is 0 Å². The van der Waals surface area contributed by atoms with Crippen molar-refractivity contribution in [2.24, 2.45) is 0 Å². The number of cyclic esters (lactones) is 1. The smallest absolute Gasteiger partial charge is 0.416 e. The van der Waals surface area contributed by atoms with Gasteiger partial charge >= 0.3 is 12.3 Å². The Morgan fingerprint density at radius 1 is 1.13 bits per heavy atom. The second kappa shape index (κ2) is 5.65. The predicted octanol–water partition coefficient (Wildman–Crippen LogP) is 5.41. The van der Waals surface area contributed by atoms with E-state index < -0.39 is 17.2 Å². The number of alkyl halides is 3. The largest absolute Gasteiger partial charge is 0.443 e. The van der Waals surface area contributed by atoms with E-state index in [2.05, 4.69) is 5.32 Å². The van der Waals surface area contributed by atoms with E-state index in [0.717, 1.165) is 6.07 Å². The number of thioether (sulfide) groups is 1. The molecule has 120 valence electrons. The molecule has 3 rings (SSSR count). The average molecular weight is 360 g/mol. The molecule has 0 radical (unpaired) electrons. The number of rotatable bonds is 2. The molecule has 2 aromatic carbocycles. The Labute approximate surface area is 138 Å². The third-order valence-electron chi connectivity index (χ3n) is 3.19. The zero-order chi connectivity index (χ0) is 16.7. The van der Waals surface area contributed by atoms with E-state index in [1.807, 2.05) is 0 Å². The molecular formula is C15H9ClF3NO2S. The average Bonchev–Trinajstić information content (AvgIpc) is 2.48. The molecule has 0 unspecified atom stereocenters. The van der Waals surface area contributed by atoms with Crippen LogP contribution in [0.3, 0.4) is 0 Å². The van der Waals surface area contributed by atoms with Crippen molar-refractivity contribution < 1.29 is 22.7 Å². The molecular weight excluding hydrogens is 351 g/mol. The van der Waals surface area contributed by atoms with E-state index in [1.54, 1.807) is 18.2 Å². The van der Waals surface area contributed by atoms with Gasteiger partial charge in [0.2, 0.25) is 0 Å². The summed E-state index contributed by atoms with van der Waals surface area (Å²) in [4.78, 5) is 9.13. The molecule has 8 heteroatoms. The highest BCUT2D eigenvalue weighted by atomic mass is 35.5. The van der Waals surface area contributed by atoms with Crippen LogP contribution in [0.15, 0.2) is 53.4 Å². The first-order valence-electron chi connectivity index (χ1n) is 6.43. The number of fused-ring (bicyclic) bond motifs is 1. The van der Waals surface area contributed by atoms with Gasteiger partial charge in [-0.05, 0) is 30.3 Å². The van der Waals surface area contributed by atoms with Crippen molar-refractivity contribution in [2.75, 3.05) is 5.32 Å². The van der Waals surface area contributed by atoms with Crippen LogP contribution in [0.5, 0.6) is 0 Å². The van der Waals surface area contributed by atoms with Crippen molar-refractivity contribution in [2.45, 2.75) is 16.0 Å². The number of carbonyl (C=O) groups is 1. The lowest BCUT2D eigenvalue weighted by atomic mass is 10.0. The number of hydrogen-bond acceptors (Lipinski definition) is 3. The first kappa shape index (κ1) is 16.0. The minimum Gasteiger partial charge on any atom is -0.416 e. The molecule has 0 aliphatic carbocycles. The van der Waals surface area contributed by atoms with E-state index in [9.17, 15) is 18.0 Å². The number of amides is 1. The van der Waals surface area contributed by atoms with Crippen LogP contribution in [0, 0.1) is 0 Å². The zero-order valence-electron chi connectivity index (χ0n) is 11.4. The number of ether oxygens (including phenoxy) is 1. The van der Waals surface area contributed by atoms with Crippen LogP contribution in [0.4, 0.5) is 23.7 Å². The Kier molecular flexibility index (Phi) is 3.93. The third-order valence-corrected chi connectivity index (χ3v) is 4.75. The van der Waals surface area contributed by atoms with E-state index in [1.165, 1.54) is 24.3 Å². The molecule has 0 aromatic heterocycles. The Balaban J connectivity index is 2.20. The van der Waals surface area contributed by atoms with E-state index in [-0.39, 0.29) is 16.3 Å². The summed E-state index contributed by atoms with van der Waals surface area (Å²) in [7, 11) is 0. The van der Waals surface area contributed by atoms with Gasteiger partial charge in [0.25, 0.3) is 4.93 Å². The molecule has 1 atom stereocenters. The molecule has 2 aromatic rings. The fourth-order valence-electron chi connectivity index (χ4n) is 2.22. The Morgan fingerprint density at radius 3 is 2.48 bits per heavy atom. The Morgan fingerprint density at radius 2 is 1.83 bits per heavy atom. The minimum absolute atomic E-state index is 0.0198. The van der Waals surface area contributed by atoms with Crippen LogP contribution in [-0.4, -0.2) is 12.3 Å². The summed E-state index contributed by atoms with van der Waals surface area (Å²) in [5.41, 5.74) is -0.225. The summed E-state index contributed by atoms with van der Waals surface area (Å²) in [5.74, 6) is 0. The highest BCUT2D eigenvalue weighted by Gasteiger charge is 2.63. The summed E-state index contributed by atoms with van der Waals surface area (Å²) in [5, 5.41) is 2.38. The fraction of sp³-hybridized carbons (Fsp3) is 0.133. The highest BCUT2D eigenvalue weighted by molar-refractivity contribution is 8.00. The quantitative estimate of drug-likeness (QED) is 0.779. The molecule has 23 heavy (non-hydrogen) atoms. The van der Waals surface area contributed by atoms with Gasteiger partial charge in [0.1, 0.15) is 0 Å². The maximum Gasteiger partial charge on any atom is 0.443 e. The van der Waals surface area contributed by atoms with Gasteiger partial charge in [-0.1, -0.05) is 41.6 Å². The maximum absolute atomic E-state index is 13.9. The van der Waals surface area contributed by atoms with Gasteiger partial charge in [-0.2, -0.15) is 13.2 Å². The first-order chi connectivity index (χ1) is 10.8. The topological polar surface area (TPSA) is 38.3 Å². The minimum atomic E-state index is -4.84. The van der Waals surface area contributed by atoms with E-state index in [0.29, 0.717) is 16.7 Å². The van der Waals surface area contributed by atoms with Gasteiger partial charge in [-0.25, -0.2) is 4.79 Å². The lowest BCUT2D eigenvalue weighted by molar-refractivity contribution is -0.223. The Hall–Kier alpha value is -1.86. The van der Waals surface area contributed by atoms with Crippen LogP contribution < -0.4 is 5.32 Å². The molecule has 1 N–H and O–H groups in total. The highest BCUT2D eigenvalue weighted by Crippen LogP contribution is 2.57. The van der Waals surface area contributed by atoms with Crippen LogP contribution in [-0.2, 0) is 9.67 Å². The fourth-order valence-corrected chi connectivity index (χ4v) is 3.53. The normalized spacial score (nSPS) is 20.4. The van der Waals surface area contributed by atoms with Gasteiger partial charge in [0.05, 0.1) is 5.69 Å². The monoisotopic (exact) mass is 359 g/mol. The van der Waals surface area contributed by atoms with Crippen molar-refractivity contribution in [3.63, 3.8) is 0 Å². The summed E-state index contributed by atoms with van der Waals surface area (Å²) < 4.78 is 46.4. The number of benzene rings is 2. The van der Waals surface area contributed by atoms with Crippen molar-refractivity contribution in [3.8, 4) is 0 Å². The number of nitrogens with one attached hydrogen (secondary N) is 1. The third kappa shape index (κ3) is 2.86. The maximum atomic E-state index is 13.9.